The minimum absolute atomic E-state index is 0. The maximum absolute atomic E-state index is 11.2. The zero-order valence-electron chi connectivity index (χ0n) is 9.25. The fourth-order valence-corrected chi connectivity index (χ4v) is 2.25. The Kier molecular flexibility index (Phi) is 7.40. The van der Waals surface area contributed by atoms with Crippen molar-refractivity contribution in [2.75, 3.05) is 18.6 Å². The van der Waals surface area contributed by atoms with Crippen LogP contribution in [-0.4, -0.2) is 30.0 Å². The van der Waals surface area contributed by atoms with Crippen molar-refractivity contribution in [2.45, 2.75) is 37.6 Å². The molecule has 90 valence electrons. The Hall–Kier alpha value is 0.0700. The van der Waals surface area contributed by atoms with E-state index in [4.69, 9.17) is 5.73 Å². The first-order valence-corrected chi connectivity index (χ1v) is 6.60. The number of carbonyl (C=O) groups excluding carboxylic acids is 1. The van der Waals surface area contributed by atoms with Gasteiger partial charge in [0.1, 0.15) is 0 Å². The van der Waals surface area contributed by atoms with Crippen molar-refractivity contribution in [2.24, 2.45) is 5.73 Å². The molecule has 15 heavy (non-hydrogen) atoms. The van der Waals surface area contributed by atoms with Gasteiger partial charge in [-0.1, -0.05) is 19.3 Å². The van der Waals surface area contributed by atoms with Crippen LogP contribution in [0.1, 0.15) is 32.1 Å². The summed E-state index contributed by atoms with van der Waals surface area (Å²) in [6, 6.07) is 0. The topological polar surface area (TPSA) is 55.1 Å². The van der Waals surface area contributed by atoms with E-state index >= 15 is 0 Å². The Balaban J connectivity index is 0.00000196. The Morgan fingerprint density at radius 1 is 1.40 bits per heavy atom. The molecule has 1 saturated carbocycles. The highest BCUT2D eigenvalue weighted by Crippen LogP contribution is 2.24. The molecule has 0 aromatic rings. The maximum Gasteiger partial charge on any atom is 0.230 e. The number of carbonyl (C=O) groups is 1. The molecule has 1 aliphatic rings. The SMILES string of the molecule is CSCC(=O)NCC1(N)CCCCC1.Cl. The summed E-state index contributed by atoms with van der Waals surface area (Å²) in [6.07, 6.45) is 7.72. The van der Waals surface area contributed by atoms with Gasteiger partial charge in [0.05, 0.1) is 5.75 Å². The molecule has 5 heteroatoms. The van der Waals surface area contributed by atoms with Gasteiger partial charge in [-0.2, -0.15) is 11.8 Å². The number of nitrogens with two attached hydrogens (primary N) is 1. The highest BCUT2D eigenvalue weighted by molar-refractivity contribution is 7.99. The molecule has 0 aromatic heterocycles. The van der Waals surface area contributed by atoms with Crippen molar-refractivity contribution in [3.05, 3.63) is 0 Å². The number of thioether (sulfide) groups is 1. The molecule has 1 aliphatic carbocycles. The predicted octanol–water partition coefficient (Wildman–Crippen LogP) is 1.55. The Bertz CT molecular complexity index is 196. The number of amides is 1. The summed E-state index contributed by atoms with van der Waals surface area (Å²) in [5, 5.41) is 2.91. The molecular weight excluding hydrogens is 232 g/mol. The van der Waals surface area contributed by atoms with Gasteiger partial charge in [-0.25, -0.2) is 0 Å². The molecule has 0 aromatic carbocycles. The molecule has 1 rings (SSSR count). The van der Waals surface area contributed by atoms with Crippen molar-refractivity contribution in [1.82, 2.24) is 5.32 Å². The first-order valence-electron chi connectivity index (χ1n) is 5.21. The van der Waals surface area contributed by atoms with Crippen molar-refractivity contribution in [3.63, 3.8) is 0 Å². The Labute approximate surface area is 102 Å². The third kappa shape index (κ3) is 5.64. The molecule has 0 aliphatic heterocycles. The number of rotatable bonds is 4. The van der Waals surface area contributed by atoms with E-state index in [0.717, 1.165) is 12.8 Å². The Morgan fingerprint density at radius 3 is 2.53 bits per heavy atom. The molecule has 1 fully saturated rings. The van der Waals surface area contributed by atoms with E-state index in [0.29, 0.717) is 12.3 Å². The molecule has 0 saturated heterocycles. The van der Waals surface area contributed by atoms with Gasteiger partial charge in [-0.15, -0.1) is 12.4 Å². The van der Waals surface area contributed by atoms with Crippen LogP contribution in [0.25, 0.3) is 0 Å². The second kappa shape index (κ2) is 7.36. The number of nitrogens with one attached hydrogen (secondary N) is 1. The molecule has 0 spiro atoms. The van der Waals surface area contributed by atoms with Crippen LogP contribution in [0.5, 0.6) is 0 Å². The smallest absolute Gasteiger partial charge is 0.230 e. The summed E-state index contributed by atoms with van der Waals surface area (Å²) in [7, 11) is 0. The predicted molar refractivity (Wildman–Crippen MR) is 68.6 cm³/mol. The molecule has 3 nitrogen and oxygen atoms in total. The van der Waals surface area contributed by atoms with Crippen LogP contribution in [0.3, 0.4) is 0 Å². The fraction of sp³-hybridized carbons (Fsp3) is 0.900. The van der Waals surface area contributed by atoms with Crippen LogP contribution in [0, 0.1) is 0 Å². The summed E-state index contributed by atoms with van der Waals surface area (Å²) in [5.41, 5.74) is 6.05. The Morgan fingerprint density at radius 2 is 2.00 bits per heavy atom. The van der Waals surface area contributed by atoms with Crippen molar-refractivity contribution in [3.8, 4) is 0 Å². The van der Waals surface area contributed by atoms with E-state index in [-0.39, 0.29) is 23.9 Å². The zero-order chi connectivity index (χ0) is 10.4. The molecule has 0 bridgehead atoms. The van der Waals surface area contributed by atoms with Crippen LogP contribution in [0.15, 0.2) is 0 Å². The summed E-state index contributed by atoms with van der Waals surface area (Å²) in [6.45, 7) is 0.645. The van der Waals surface area contributed by atoms with Gasteiger partial charge in [0.25, 0.3) is 0 Å². The van der Waals surface area contributed by atoms with Gasteiger partial charge in [-0.3, -0.25) is 4.79 Å². The van der Waals surface area contributed by atoms with Crippen LogP contribution in [0.4, 0.5) is 0 Å². The van der Waals surface area contributed by atoms with Crippen LogP contribution in [-0.2, 0) is 4.79 Å². The molecule has 1 amide bonds. The van der Waals surface area contributed by atoms with E-state index in [9.17, 15) is 4.79 Å². The van der Waals surface area contributed by atoms with Crippen LogP contribution in [0.2, 0.25) is 0 Å². The second-order valence-electron chi connectivity index (χ2n) is 4.13. The normalized spacial score (nSPS) is 19.1. The second-order valence-corrected chi connectivity index (χ2v) is 5.00. The zero-order valence-corrected chi connectivity index (χ0v) is 10.9. The summed E-state index contributed by atoms with van der Waals surface area (Å²) in [5.74, 6) is 0.642. The van der Waals surface area contributed by atoms with Gasteiger partial charge in [0.2, 0.25) is 5.91 Å². The number of halogens is 1. The lowest BCUT2D eigenvalue weighted by molar-refractivity contribution is -0.118. The van der Waals surface area contributed by atoms with Gasteiger partial charge >= 0.3 is 0 Å². The van der Waals surface area contributed by atoms with Crippen LogP contribution < -0.4 is 11.1 Å². The van der Waals surface area contributed by atoms with Gasteiger partial charge < -0.3 is 11.1 Å². The maximum atomic E-state index is 11.2. The molecule has 0 radical (unpaired) electrons. The minimum atomic E-state index is -0.133. The monoisotopic (exact) mass is 252 g/mol. The summed E-state index contributed by atoms with van der Waals surface area (Å²) < 4.78 is 0. The number of hydrogen-bond acceptors (Lipinski definition) is 3. The van der Waals surface area contributed by atoms with Gasteiger partial charge in [0, 0.05) is 12.1 Å². The first-order chi connectivity index (χ1) is 6.66. The van der Waals surface area contributed by atoms with E-state index in [1.807, 2.05) is 6.26 Å². The van der Waals surface area contributed by atoms with Crippen molar-refractivity contribution < 1.29 is 4.79 Å². The largest absolute Gasteiger partial charge is 0.354 e. The van der Waals surface area contributed by atoms with E-state index in [1.54, 1.807) is 11.8 Å². The third-order valence-corrected chi connectivity index (χ3v) is 3.31. The van der Waals surface area contributed by atoms with E-state index in [2.05, 4.69) is 5.32 Å². The lowest BCUT2D eigenvalue weighted by atomic mass is 9.82. The average Bonchev–Trinajstić information content (AvgIpc) is 2.17. The summed E-state index contributed by atoms with van der Waals surface area (Å²) >= 11 is 1.54. The lowest BCUT2D eigenvalue weighted by Gasteiger charge is -2.33. The summed E-state index contributed by atoms with van der Waals surface area (Å²) in [4.78, 5) is 11.2. The van der Waals surface area contributed by atoms with Crippen LogP contribution >= 0.6 is 24.2 Å². The van der Waals surface area contributed by atoms with Gasteiger partial charge in [-0.05, 0) is 19.1 Å². The molecule has 0 unspecified atom stereocenters. The van der Waals surface area contributed by atoms with Gasteiger partial charge in [0.15, 0.2) is 0 Å². The van der Waals surface area contributed by atoms with E-state index < -0.39 is 0 Å². The molecule has 3 N–H and O–H groups in total. The van der Waals surface area contributed by atoms with Crippen molar-refractivity contribution >= 4 is 30.1 Å². The highest BCUT2D eigenvalue weighted by Gasteiger charge is 2.27. The fourth-order valence-electron chi connectivity index (χ4n) is 1.89. The molecule has 0 atom stereocenters. The first kappa shape index (κ1) is 15.1. The minimum Gasteiger partial charge on any atom is -0.354 e. The number of hydrogen-bond donors (Lipinski definition) is 2. The third-order valence-electron chi connectivity index (χ3n) is 2.76. The highest BCUT2D eigenvalue weighted by atomic mass is 35.5. The standard InChI is InChI=1S/C10H20N2OS.ClH/c1-14-7-9(13)12-8-10(11)5-3-2-4-6-10;/h2-8,11H2,1H3,(H,12,13);1H. The van der Waals surface area contributed by atoms with Crippen molar-refractivity contribution in [1.29, 1.82) is 0 Å². The van der Waals surface area contributed by atoms with E-state index in [1.165, 1.54) is 19.3 Å². The average molecular weight is 253 g/mol. The quantitative estimate of drug-likeness (QED) is 0.798. The lowest BCUT2D eigenvalue weighted by Crippen LogP contribution is -2.51. The molecule has 0 heterocycles. The molecular formula is C10H21ClN2OS.